The van der Waals surface area contributed by atoms with E-state index in [1.54, 1.807) is 19.1 Å². The van der Waals surface area contributed by atoms with E-state index in [9.17, 15) is 9.59 Å². The van der Waals surface area contributed by atoms with E-state index in [2.05, 4.69) is 35.1 Å². The number of carbonyl (C=O) groups excluding carboxylic acids is 2. The lowest BCUT2D eigenvalue weighted by atomic mass is 10.0. The summed E-state index contributed by atoms with van der Waals surface area (Å²) >= 11 is 9.51. The number of carbonyl (C=O) groups is 2. The van der Waals surface area contributed by atoms with E-state index < -0.39 is 11.6 Å². The van der Waals surface area contributed by atoms with E-state index in [-0.39, 0.29) is 25.0 Å². The van der Waals surface area contributed by atoms with Crippen molar-refractivity contribution < 1.29 is 14.3 Å². The lowest BCUT2D eigenvalue weighted by Crippen LogP contribution is -2.53. The van der Waals surface area contributed by atoms with E-state index in [1.807, 2.05) is 51.1 Å². The van der Waals surface area contributed by atoms with Gasteiger partial charge in [0, 0.05) is 17.1 Å². The van der Waals surface area contributed by atoms with Crippen LogP contribution >= 0.6 is 27.5 Å². The van der Waals surface area contributed by atoms with Gasteiger partial charge in [-0.05, 0) is 84.9 Å². The van der Waals surface area contributed by atoms with Crippen LogP contribution in [-0.2, 0) is 16.1 Å². The van der Waals surface area contributed by atoms with Gasteiger partial charge in [0.15, 0.2) is 6.61 Å². The lowest BCUT2D eigenvalue weighted by molar-refractivity contribution is -0.142. The van der Waals surface area contributed by atoms with Crippen molar-refractivity contribution in [3.8, 4) is 5.75 Å². The van der Waals surface area contributed by atoms with Crippen LogP contribution in [0.5, 0.6) is 5.75 Å². The van der Waals surface area contributed by atoms with Crippen molar-refractivity contribution in [2.75, 3.05) is 6.61 Å². The molecule has 0 aliphatic heterocycles. The first-order valence-corrected chi connectivity index (χ1v) is 11.8. The number of benzene rings is 2. The second-order valence-corrected chi connectivity index (χ2v) is 10.5. The summed E-state index contributed by atoms with van der Waals surface area (Å²) in [6.45, 7) is 11.8. The van der Waals surface area contributed by atoms with Crippen LogP contribution in [0.15, 0.2) is 46.9 Å². The third-order valence-electron chi connectivity index (χ3n) is 4.91. The zero-order chi connectivity index (χ0) is 24.1. The fraction of sp³-hybridized carbons (Fsp3) is 0.440. The summed E-state index contributed by atoms with van der Waals surface area (Å²) in [6.07, 6.45) is 0. The summed E-state index contributed by atoms with van der Waals surface area (Å²) in [6, 6.07) is 12.4. The first-order chi connectivity index (χ1) is 14.9. The molecule has 1 N–H and O–H groups in total. The predicted molar refractivity (Wildman–Crippen MR) is 133 cm³/mol. The first-order valence-electron chi connectivity index (χ1n) is 10.7. The molecule has 2 aromatic rings. The number of hydrogen-bond acceptors (Lipinski definition) is 3. The van der Waals surface area contributed by atoms with Crippen LogP contribution < -0.4 is 10.1 Å². The number of rotatable bonds is 8. The Bertz CT molecular complexity index is 939. The van der Waals surface area contributed by atoms with Gasteiger partial charge in [-0.3, -0.25) is 9.59 Å². The molecule has 0 saturated carbocycles. The molecule has 32 heavy (non-hydrogen) atoms. The maximum absolute atomic E-state index is 13.2. The molecular formula is C25H32BrClN2O3. The van der Waals surface area contributed by atoms with Crippen LogP contribution in [0.2, 0.25) is 5.02 Å². The van der Waals surface area contributed by atoms with Gasteiger partial charge in [-0.25, -0.2) is 0 Å². The lowest BCUT2D eigenvalue weighted by Gasteiger charge is -2.31. The standard InChI is InChI=1S/C25H32BrClN2O3/c1-16(2)19-9-12-22(21(26)13-19)32-15-23(30)29(14-18-7-10-20(27)11-8-18)17(3)24(31)28-25(4,5)6/h7-13,16-17H,14-15H2,1-6H3,(H,28,31)/t17-/m1/s1. The van der Waals surface area contributed by atoms with Crippen molar-refractivity contribution in [3.05, 3.63) is 63.1 Å². The molecule has 0 heterocycles. The SMILES string of the molecule is CC(C)c1ccc(OCC(=O)N(Cc2ccc(Cl)cc2)[C@H](C)C(=O)NC(C)(C)C)c(Br)c1. The fourth-order valence-electron chi connectivity index (χ4n) is 3.06. The third-order valence-corrected chi connectivity index (χ3v) is 5.78. The van der Waals surface area contributed by atoms with E-state index in [1.165, 1.54) is 10.5 Å². The Hall–Kier alpha value is -2.05. The molecule has 0 fully saturated rings. The van der Waals surface area contributed by atoms with Crippen LogP contribution in [0.3, 0.4) is 0 Å². The molecule has 2 rings (SSSR count). The third kappa shape index (κ3) is 7.82. The second-order valence-electron chi connectivity index (χ2n) is 9.20. The van der Waals surface area contributed by atoms with Gasteiger partial charge >= 0.3 is 0 Å². The highest BCUT2D eigenvalue weighted by Crippen LogP contribution is 2.29. The molecule has 0 spiro atoms. The highest BCUT2D eigenvalue weighted by atomic mass is 79.9. The summed E-state index contributed by atoms with van der Waals surface area (Å²) in [4.78, 5) is 27.5. The van der Waals surface area contributed by atoms with E-state index in [0.29, 0.717) is 16.7 Å². The summed E-state index contributed by atoms with van der Waals surface area (Å²) in [7, 11) is 0. The van der Waals surface area contributed by atoms with Crippen LogP contribution in [0, 0.1) is 0 Å². The number of nitrogens with zero attached hydrogens (tertiary/aromatic N) is 1. The second kappa shape index (κ2) is 11.2. The summed E-state index contributed by atoms with van der Waals surface area (Å²) in [5.41, 5.74) is 1.65. The molecule has 2 aromatic carbocycles. The molecule has 0 unspecified atom stereocenters. The van der Waals surface area contributed by atoms with Gasteiger partial charge in [0.1, 0.15) is 11.8 Å². The number of hydrogen-bond donors (Lipinski definition) is 1. The average molecular weight is 524 g/mol. The molecule has 1 atom stereocenters. The minimum atomic E-state index is -0.673. The van der Waals surface area contributed by atoms with E-state index >= 15 is 0 Å². The van der Waals surface area contributed by atoms with Gasteiger partial charge in [0.25, 0.3) is 5.91 Å². The van der Waals surface area contributed by atoms with Crippen molar-refractivity contribution in [1.82, 2.24) is 10.2 Å². The largest absolute Gasteiger partial charge is 0.483 e. The minimum Gasteiger partial charge on any atom is -0.483 e. The molecule has 0 radical (unpaired) electrons. The zero-order valence-electron chi connectivity index (χ0n) is 19.5. The van der Waals surface area contributed by atoms with Gasteiger partial charge in [-0.2, -0.15) is 0 Å². The summed E-state index contributed by atoms with van der Waals surface area (Å²) in [5, 5.41) is 3.56. The monoisotopic (exact) mass is 522 g/mol. The maximum Gasteiger partial charge on any atom is 0.261 e. The molecule has 0 aliphatic rings. The molecule has 174 valence electrons. The number of amides is 2. The molecular weight excluding hydrogens is 492 g/mol. The van der Waals surface area contributed by atoms with Crippen LogP contribution in [0.25, 0.3) is 0 Å². The first kappa shape index (κ1) is 26.2. The molecule has 2 amide bonds. The van der Waals surface area contributed by atoms with Crippen LogP contribution in [0.4, 0.5) is 0 Å². The summed E-state index contributed by atoms with van der Waals surface area (Å²) < 4.78 is 6.60. The Morgan fingerprint density at radius 2 is 1.72 bits per heavy atom. The average Bonchev–Trinajstić information content (AvgIpc) is 2.70. The summed E-state index contributed by atoms with van der Waals surface area (Å²) in [5.74, 6) is 0.471. The Labute approximate surface area is 204 Å². The Balaban J connectivity index is 2.19. The predicted octanol–water partition coefficient (Wildman–Crippen LogP) is 5.94. The molecule has 0 aliphatic carbocycles. The zero-order valence-corrected chi connectivity index (χ0v) is 21.9. The molecule has 0 bridgehead atoms. The number of ether oxygens (including phenoxy) is 1. The molecule has 0 saturated heterocycles. The Morgan fingerprint density at radius 3 is 2.25 bits per heavy atom. The Morgan fingerprint density at radius 1 is 1.09 bits per heavy atom. The molecule has 0 aromatic heterocycles. The van der Waals surface area contributed by atoms with Gasteiger partial charge in [-0.15, -0.1) is 0 Å². The highest BCUT2D eigenvalue weighted by molar-refractivity contribution is 9.10. The molecule has 5 nitrogen and oxygen atoms in total. The van der Waals surface area contributed by atoms with Gasteiger partial charge in [0.05, 0.1) is 4.47 Å². The quantitative estimate of drug-likeness (QED) is 0.466. The minimum absolute atomic E-state index is 0.180. The highest BCUT2D eigenvalue weighted by Gasteiger charge is 2.28. The van der Waals surface area contributed by atoms with Crippen molar-refractivity contribution in [1.29, 1.82) is 0 Å². The Kier molecular flexibility index (Phi) is 9.17. The van der Waals surface area contributed by atoms with Gasteiger partial charge in [0.2, 0.25) is 5.91 Å². The smallest absolute Gasteiger partial charge is 0.261 e. The van der Waals surface area contributed by atoms with Crippen molar-refractivity contribution in [2.24, 2.45) is 0 Å². The van der Waals surface area contributed by atoms with E-state index in [0.717, 1.165) is 10.0 Å². The normalized spacial score (nSPS) is 12.4. The number of nitrogens with one attached hydrogen (secondary N) is 1. The van der Waals surface area contributed by atoms with Gasteiger partial charge in [-0.1, -0.05) is 43.6 Å². The number of halogens is 2. The van der Waals surface area contributed by atoms with Crippen LogP contribution in [-0.4, -0.2) is 34.9 Å². The fourth-order valence-corrected chi connectivity index (χ4v) is 3.70. The van der Waals surface area contributed by atoms with Crippen LogP contribution in [0.1, 0.15) is 58.6 Å². The molecule has 7 heteroatoms. The van der Waals surface area contributed by atoms with Gasteiger partial charge < -0.3 is 15.0 Å². The van der Waals surface area contributed by atoms with Crippen molar-refractivity contribution in [2.45, 2.75) is 65.6 Å². The van der Waals surface area contributed by atoms with Crippen molar-refractivity contribution in [3.63, 3.8) is 0 Å². The topological polar surface area (TPSA) is 58.6 Å². The van der Waals surface area contributed by atoms with Crippen molar-refractivity contribution >= 4 is 39.3 Å². The maximum atomic E-state index is 13.2. The van der Waals surface area contributed by atoms with E-state index in [4.69, 9.17) is 16.3 Å².